The first kappa shape index (κ1) is 16.6. The zero-order chi connectivity index (χ0) is 17.5. The standard InChI is InChI=1S/C19H18N2O4/c1-23-19-14(6-5-10-20-19)12-21-18(22)17-15(9-11-24-17)13-25-16-7-3-2-4-8-16/h2-11H,12-13H2,1H3,(H,21,22). The number of hydrogen-bond donors (Lipinski definition) is 1. The second-order valence-electron chi connectivity index (χ2n) is 5.23. The lowest BCUT2D eigenvalue weighted by atomic mass is 10.2. The van der Waals surface area contributed by atoms with Gasteiger partial charge in [-0.3, -0.25) is 4.79 Å². The Morgan fingerprint density at radius 1 is 1.12 bits per heavy atom. The highest BCUT2D eigenvalue weighted by atomic mass is 16.5. The van der Waals surface area contributed by atoms with Gasteiger partial charge in [0.15, 0.2) is 5.76 Å². The van der Waals surface area contributed by atoms with Crippen molar-refractivity contribution in [2.45, 2.75) is 13.2 Å². The maximum Gasteiger partial charge on any atom is 0.287 e. The normalized spacial score (nSPS) is 10.3. The summed E-state index contributed by atoms with van der Waals surface area (Å²) in [4.78, 5) is 16.5. The van der Waals surface area contributed by atoms with Crippen LogP contribution in [0.1, 0.15) is 21.7 Å². The molecule has 25 heavy (non-hydrogen) atoms. The van der Waals surface area contributed by atoms with E-state index in [1.807, 2.05) is 36.4 Å². The van der Waals surface area contributed by atoms with E-state index in [-0.39, 0.29) is 24.8 Å². The van der Waals surface area contributed by atoms with Crippen LogP contribution in [0.2, 0.25) is 0 Å². The molecule has 0 fully saturated rings. The van der Waals surface area contributed by atoms with Crippen molar-refractivity contribution in [2.75, 3.05) is 7.11 Å². The van der Waals surface area contributed by atoms with Gasteiger partial charge < -0.3 is 19.2 Å². The van der Waals surface area contributed by atoms with Crippen molar-refractivity contribution in [2.24, 2.45) is 0 Å². The number of para-hydroxylation sites is 1. The van der Waals surface area contributed by atoms with Crippen LogP contribution in [0.5, 0.6) is 11.6 Å². The van der Waals surface area contributed by atoms with Gasteiger partial charge in [-0.15, -0.1) is 0 Å². The van der Waals surface area contributed by atoms with Crippen molar-refractivity contribution >= 4 is 5.91 Å². The third-order valence-corrected chi connectivity index (χ3v) is 3.57. The van der Waals surface area contributed by atoms with Crippen LogP contribution in [-0.2, 0) is 13.2 Å². The van der Waals surface area contributed by atoms with Crippen molar-refractivity contribution in [3.8, 4) is 11.6 Å². The average Bonchev–Trinajstić information content (AvgIpc) is 3.14. The number of hydrogen-bond acceptors (Lipinski definition) is 5. The molecule has 0 spiro atoms. The molecule has 2 aromatic heterocycles. The van der Waals surface area contributed by atoms with Gasteiger partial charge in [0, 0.05) is 23.9 Å². The predicted octanol–water partition coefficient (Wildman–Crippen LogP) is 3.19. The summed E-state index contributed by atoms with van der Waals surface area (Å²) in [6.45, 7) is 0.537. The second-order valence-corrected chi connectivity index (χ2v) is 5.23. The molecular formula is C19H18N2O4. The van der Waals surface area contributed by atoms with Crippen molar-refractivity contribution < 1.29 is 18.7 Å². The van der Waals surface area contributed by atoms with Crippen molar-refractivity contribution in [1.29, 1.82) is 0 Å². The molecule has 0 atom stereocenters. The highest BCUT2D eigenvalue weighted by Crippen LogP contribution is 2.17. The first-order valence-corrected chi connectivity index (χ1v) is 7.78. The number of aromatic nitrogens is 1. The monoisotopic (exact) mass is 338 g/mol. The summed E-state index contributed by atoms with van der Waals surface area (Å²) in [5.41, 5.74) is 1.46. The minimum Gasteiger partial charge on any atom is -0.489 e. The van der Waals surface area contributed by atoms with Gasteiger partial charge in [0.2, 0.25) is 5.88 Å². The van der Waals surface area contributed by atoms with E-state index in [2.05, 4.69) is 10.3 Å². The van der Waals surface area contributed by atoms with E-state index < -0.39 is 0 Å². The van der Waals surface area contributed by atoms with E-state index in [4.69, 9.17) is 13.9 Å². The van der Waals surface area contributed by atoms with Crippen LogP contribution in [0.4, 0.5) is 0 Å². The smallest absolute Gasteiger partial charge is 0.287 e. The maximum atomic E-state index is 12.4. The summed E-state index contributed by atoms with van der Waals surface area (Å²) in [7, 11) is 1.54. The number of methoxy groups -OCH3 is 1. The molecule has 0 radical (unpaired) electrons. The fraction of sp³-hybridized carbons (Fsp3) is 0.158. The number of amides is 1. The third-order valence-electron chi connectivity index (χ3n) is 3.57. The number of rotatable bonds is 7. The Kier molecular flexibility index (Phi) is 5.31. The van der Waals surface area contributed by atoms with Gasteiger partial charge in [0.25, 0.3) is 5.91 Å². The summed E-state index contributed by atoms with van der Waals surface area (Å²) < 4.78 is 16.2. The average molecular weight is 338 g/mol. The highest BCUT2D eigenvalue weighted by Gasteiger charge is 2.16. The number of ether oxygens (including phenoxy) is 2. The predicted molar refractivity (Wildman–Crippen MR) is 91.4 cm³/mol. The number of carbonyl (C=O) groups excluding carboxylic acids is 1. The Balaban J connectivity index is 1.62. The first-order valence-electron chi connectivity index (χ1n) is 7.78. The molecular weight excluding hydrogens is 320 g/mol. The number of nitrogens with zero attached hydrogens (tertiary/aromatic N) is 1. The first-order chi connectivity index (χ1) is 12.3. The molecule has 0 saturated heterocycles. The van der Waals surface area contributed by atoms with Gasteiger partial charge in [-0.25, -0.2) is 4.98 Å². The SMILES string of the molecule is COc1ncccc1CNC(=O)c1occc1COc1ccccc1. The summed E-state index contributed by atoms with van der Waals surface area (Å²) in [6.07, 6.45) is 3.11. The van der Waals surface area contributed by atoms with E-state index in [0.717, 1.165) is 11.3 Å². The van der Waals surface area contributed by atoms with Crippen LogP contribution in [0.25, 0.3) is 0 Å². The number of furan rings is 1. The topological polar surface area (TPSA) is 73.6 Å². The minimum absolute atomic E-state index is 0.235. The van der Waals surface area contributed by atoms with Gasteiger partial charge >= 0.3 is 0 Å². The minimum atomic E-state index is -0.317. The fourth-order valence-corrected chi connectivity index (χ4v) is 2.32. The number of nitrogens with one attached hydrogen (secondary N) is 1. The molecule has 0 aliphatic heterocycles. The molecule has 6 heteroatoms. The molecule has 3 rings (SSSR count). The van der Waals surface area contributed by atoms with E-state index in [1.54, 1.807) is 25.4 Å². The van der Waals surface area contributed by atoms with E-state index >= 15 is 0 Å². The van der Waals surface area contributed by atoms with Crippen LogP contribution in [0, 0.1) is 0 Å². The summed E-state index contributed by atoms with van der Waals surface area (Å²) >= 11 is 0. The number of pyridine rings is 1. The van der Waals surface area contributed by atoms with E-state index in [0.29, 0.717) is 11.4 Å². The third kappa shape index (κ3) is 4.17. The summed E-state index contributed by atoms with van der Waals surface area (Å²) in [6, 6.07) is 14.8. The zero-order valence-electron chi connectivity index (χ0n) is 13.8. The van der Waals surface area contributed by atoms with Crippen LogP contribution < -0.4 is 14.8 Å². The second kappa shape index (κ2) is 8.01. The molecule has 1 aromatic carbocycles. The van der Waals surface area contributed by atoms with Gasteiger partial charge in [-0.05, 0) is 24.3 Å². The highest BCUT2D eigenvalue weighted by molar-refractivity contribution is 5.92. The lowest BCUT2D eigenvalue weighted by Crippen LogP contribution is -2.24. The lowest BCUT2D eigenvalue weighted by Gasteiger charge is -2.09. The largest absolute Gasteiger partial charge is 0.489 e. The van der Waals surface area contributed by atoms with Crippen LogP contribution in [0.3, 0.4) is 0 Å². The molecule has 1 N–H and O–H groups in total. The van der Waals surface area contributed by atoms with Crippen LogP contribution in [0.15, 0.2) is 65.4 Å². The summed E-state index contributed by atoms with van der Waals surface area (Å²) in [5, 5.41) is 2.81. The van der Waals surface area contributed by atoms with E-state index in [1.165, 1.54) is 6.26 Å². The lowest BCUT2D eigenvalue weighted by molar-refractivity contribution is 0.0919. The Hall–Kier alpha value is -3.28. The molecule has 0 unspecified atom stereocenters. The number of carbonyl (C=O) groups is 1. The van der Waals surface area contributed by atoms with Gasteiger partial charge in [-0.1, -0.05) is 24.3 Å². The van der Waals surface area contributed by atoms with Crippen molar-refractivity contribution in [3.63, 3.8) is 0 Å². The molecule has 2 heterocycles. The fourth-order valence-electron chi connectivity index (χ4n) is 2.32. The maximum absolute atomic E-state index is 12.4. The zero-order valence-corrected chi connectivity index (χ0v) is 13.8. The molecule has 0 saturated carbocycles. The molecule has 0 bridgehead atoms. The molecule has 3 aromatic rings. The van der Waals surface area contributed by atoms with Gasteiger partial charge in [0.05, 0.1) is 13.4 Å². The van der Waals surface area contributed by atoms with E-state index in [9.17, 15) is 4.79 Å². The Morgan fingerprint density at radius 3 is 2.76 bits per heavy atom. The molecule has 128 valence electrons. The number of benzene rings is 1. The Morgan fingerprint density at radius 2 is 1.96 bits per heavy atom. The molecule has 1 amide bonds. The van der Waals surface area contributed by atoms with Crippen molar-refractivity contribution in [3.05, 3.63) is 77.9 Å². The Bertz CT molecular complexity index is 830. The Labute approximate surface area is 145 Å². The van der Waals surface area contributed by atoms with Crippen molar-refractivity contribution in [1.82, 2.24) is 10.3 Å². The van der Waals surface area contributed by atoms with Crippen LogP contribution in [-0.4, -0.2) is 18.0 Å². The van der Waals surface area contributed by atoms with Crippen LogP contribution >= 0.6 is 0 Å². The summed E-state index contributed by atoms with van der Waals surface area (Å²) in [5.74, 6) is 1.13. The van der Waals surface area contributed by atoms with Gasteiger partial charge in [-0.2, -0.15) is 0 Å². The molecule has 0 aliphatic rings. The van der Waals surface area contributed by atoms with Gasteiger partial charge in [0.1, 0.15) is 12.4 Å². The molecule has 6 nitrogen and oxygen atoms in total. The quantitative estimate of drug-likeness (QED) is 0.716. The molecule has 0 aliphatic carbocycles.